The number of tetrazole rings is 1. The standard InChI is InChI=1S/C20H32N6O2/c1-7-24-10-12-25(13-11-24)18(19-21-22-23-26(19)20(2,3)4)16-9-8-15(27-5)14-17(16)28-6/h8-9,14,18H,7,10-13H2,1-6H3/p+2/t18-/m0/s1. The first-order valence-corrected chi connectivity index (χ1v) is 10.1. The molecule has 28 heavy (non-hydrogen) atoms. The maximum absolute atomic E-state index is 5.75. The normalized spacial score (nSPS) is 21.4. The quantitative estimate of drug-likeness (QED) is 0.685. The molecule has 2 heterocycles. The van der Waals surface area contributed by atoms with Crippen molar-refractivity contribution in [3.05, 3.63) is 29.6 Å². The van der Waals surface area contributed by atoms with E-state index in [0.717, 1.165) is 49.1 Å². The smallest absolute Gasteiger partial charge is 0.214 e. The summed E-state index contributed by atoms with van der Waals surface area (Å²) in [5.74, 6) is 2.47. The van der Waals surface area contributed by atoms with Crippen LogP contribution >= 0.6 is 0 Å². The zero-order chi connectivity index (χ0) is 20.3. The molecule has 1 fully saturated rings. The van der Waals surface area contributed by atoms with Crippen LogP contribution in [-0.4, -0.2) is 67.2 Å². The molecule has 1 aromatic carbocycles. The number of nitrogens with one attached hydrogen (secondary N) is 2. The highest BCUT2D eigenvalue weighted by Crippen LogP contribution is 2.32. The second kappa shape index (κ2) is 8.45. The topological polar surface area (TPSA) is 70.9 Å². The van der Waals surface area contributed by atoms with Crippen LogP contribution in [0.3, 0.4) is 0 Å². The van der Waals surface area contributed by atoms with Crippen LogP contribution in [0.15, 0.2) is 18.2 Å². The third-order valence-electron chi connectivity index (χ3n) is 5.65. The monoisotopic (exact) mass is 390 g/mol. The van der Waals surface area contributed by atoms with Crippen molar-refractivity contribution in [2.45, 2.75) is 39.3 Å². The van der Waals surface area contributed by atoms with E-state index in [0.29, 0.717) is 0 Å². The minimum atomic E-state index is -0.202. The van der Waals surface area contributed by atoms with Gasteiger partial charge >= 0.3 is 0 Å². The lowest BCUT2D eigenvalue weighted by molar-refractivity contribution is -1.02. The van der Waals surface area contributed by atoms with Gasteiger partial charge < -0.3 is 19.3 Å². The van der Waals surface area contributed by atoms with E-state index in [9.17, 15) is 0 Å². The van der Waals surface area contributed by atoms with E-state index in [1.165, 1.54) is 11.4 Å². The zero-order valence-corrected chi connectivity index (χ0v) is 18.0. The summed E-state index contributed by atoms with van der Waals surface area (Å²) in [5.41, 5.74) is 0.894. The molecule has 8 nitrogen and oxygen atoms in total. The average molecular weight is 391 g/mol. The Hall–Kier alpha value is -2.19. The van der Waals surface area contributed by atoms with E-state index >= 15 is 0 Å². The van der Waals surface area contributed by atoms with E-state index in [1.807, 2.05) is 16.8 Å². The number of ether oxygens (including phenoxy) is 2. The Kier molecular flexibility index (Phi) is 6.20. The highest BCUT2D eigenvalue weighted by Gasteiger charge is 2.38. The molecule has 3 rings (SSSR count). The van der Waals surface area contributed by atoms with E-state index in [1.54, 1.807) is 19.1 Å². The van der Waals surface area contributed by atoms with Crippen LogP contribution in [0.1, 0.15) is 45.1 Å². The molecular weight excluding hydrogens is 356 g/mol. The number of hydrogen-bond donors (Lipinski definition) is 2. The van der Waals surface area contributed by atoms with Gasteiger partial charge in [-0.25, -0.2) is 4.68 Å². The van der Waals surface area contributed by atoms with E-state index in [-0.39, 0.29) is 11.6 Å². The molecule has 1 aliphatic rings. The number of nitrogens with zero attached hydrogens (tertiary/aromatic N) is 4. The molecular formula is C20H34N6O2+2. The van der Waals surface area contributed by atoms with Crippen LogP contribution in [0.2, 0.25) is 0 Å². The van der Waals surface area contributed by atoms with Crippen molar-refractivity contribution in [3.8, 4) is 11.5 Å². The van der Waals surface area contributed by atoms with Gasteiger partial charge in [0.15, 0.2) is 6.04 Å². The third kappa shape index (κ3) is 4.12. The minimum absolute atomic E-state index is 0.00786. The Morgan fingerprint density at radius 2 is 1.82 bits per heavy atom. The van der Waals surface area contributed by atoms with Crippen LogP contribution in [-0.2, 0) is 5.54 Å². The Labute approximate surface area is 167 Å². The second-order valence-electron chi connectivity index (χ2n) is 8.42. The molecule has 1 saturated heterocycles. The number of piperazine rings is 1. The molecule has 2 N–H and O–H groups in total. The number of hydrogen-bond acceptors (Lipinski definition) is 5. The fourth-order valence-corrected chi connectivity index (χ4v) is 4.02. The van der Waals surface area contributed by atoms with Crippen molar-refractivity contribution in [1.29, 1.82) is 0 Å². The molecule has 0 spiro atoms. The number of quaternary nitrogens is 2. The van der Waals surface area contributed by atoms with Crippen LogP contribution < -0.4 is 19.3 Å². The Morgan fingerprint density at radius 3 is 2.39 bits per heavy atom. The molecule has 1 aromatic heterocycles. The lowest BCUT2D eigenvalue weighted by Crippen LogP contribution is -3.28. The Balaban J connectivity index is 2.07. The summed E-state index contributed by atoms with van der Waals surface area (Å²) < 4.78 is 13.1. The number of aromatic nitrogens is 4. The van der Waals surface area contributed by atoms with Gasteiger partial charge in [-0.05, 0) is 50.3 Å². The Bertz CT molecular complexity index is 777. The van der Waals surface area contributed by atoms with Crippen molar-refractivity contribution in [2.75, 3.05) is 46.9 Å². The predicted octanol–water partition coefficient (Wildman–Crippen LogP) is -0.662. The van der Waals surface area contributed by atoms with Crippen molar-refractivity contribution in [2.24, 2.45) is 0 Å². The van der Waals surface area contributed by atoms with Crippen LogP contribution in [0.5, 0.6) is 11.5 Å². The van der Waals surface area contributed by atoms with E-state index in [4.69, 9.17) is 9.47 Å². The summed E-state index contributed by atoms with van der Waals surface area (Å²) in [4.78, 5) is 3.13. The first-order chi connectivity index (χ1) is 13.4. The lowest BCUT2D eigenvalue weighted by atomic mass is 10.00. The molecule has 0 saturated carbocycles. The van der Waals surface area contributed by atoms with Crippen LogP contribution in [0.25, 0.3) is 0 Å². The van der Waals surface area contributed by atoms with Gasteiger partial charge in [0.05, 0.1) is 31.9 Å². The fourth-order valence-electron chi connectivity index (χ4n) is 4.02. The zero-order valence-electron chi connectivity index (χ0n) is 18.0. The molecule has 0 amide bonds. The van der Waals surface area contributed by atoms with Crippen molar-refractivity contribution in [3.63, 3.8) is 0 Å². The molecule has 1 aliphatic heterocycles. The molecule has 0 aliphatic carbocycles. The molecule has 0 radical (unpaired) electrons. The van der Waals surface area contributed by atoms with Gasteiger partial charge in [-0.1, -0.05) is 0 Å². The van der Waals surface area contributed by atoms with Gasteiger partial charge in [0.1, 0.15) is 37.7 Å². The lowest BCUT2D eigenvalue weighted by Gasteiger charge is -2.35. The molecule has 2 aromatic rings. The Morgan fingerprint density at radius 1 is 1.11 bits per heavy atom. The van der Waals surface area contributed by atoms with Crippen LogP contribution in [0.4, 0.5) is 0 Å². The van der Waals surface area contributed by atoms with Gasteiger partial charge in [-0.15, -0.1) is 5.10 Å². The van der Waals surface area contributed by atoms with Gasteiger partial charge in [0, 0.05) is 6.07 Å². The first kappa shape index (κ1) is 20.5. The predicted molar refractivity (Wildman–Crippen MR) is 106 cm³/mol. The minimum Gasteiger partial charge on any atom is -0.497 e. The number of benzene rings is 1. The molecule has 1 atom stereocenters. The third-order valence-corrected chi connectivity index (χ3v) is 5.65. The second-order valence-corrected chi connectivity index (χ2v) is 8.42. The SMILES string of the molecule is CC[NH+]1CC[NH+]([C@@H](c2ccc(OC)cc2OC)c2nnnn2C(C)(C)C)CC1. The largest absolute Gasteiger partial charge is 0.497 e. The maximum atomic E-state index is 5.75. The molecule has 0 bridgehead atoms. The maximum Gasteiger partial charge on any atom is 0.214 e. The van der Waals surface area contributed by atoms with Crippen molar-refractivity contribution >= 4 is 0 Å². The fraction of sp³-hybridized carbons (Fsp3) is 0.650. The molecule has 0 unspecified atom stereocenters. The van der Waals surface area contributed by atoms with E-state index < -0.39 is 0 Å². The summed E-state index contributed by atoms with van der Waals surface area (Å²) in [6, 6.07) is 6.04. The average Bonchev–Trinajstić information content (AvgIpc) is 3.19. The summed E-state index contributed by atoms with van der Waals surface area (Å²) in [7, 11) is 3.38. The van der Waals surface area contributed by atoms with Gasteiger partial charge in [-0.2, -0.15) is 0 Å². The highest BCUT2D eigenvalue weighted by atomic mass is 16.5. The van der Waals surface area contributed by atoms with Crippen molar-refractivity contribution < 1.29 is 19.3 Å². The molecule has 154 valence electrons. The van der Waals surface area contributed by atoms with Crippen molar-refractivity contribution in [1.82, 2.24) is 20.2 Å². The van der Waals surface area contributed by atoms with Gasteiger partial charge in [0.2, 0.25) is 5.82 Å². The summed E-state index contributed by atoms with van der Waals surface area (Å²) in [6.45, 7) is 14.3. The summed E-state index contributed by atoms with van der Waals surface area (Å²) in [5, 5.41) is 12.8. The number of methoxy groups -OCH3 is 2. The number of likely N-dealkylation sites (N-methyl/N-ethyl adjacent to an activating group) is 1. The van der Waals surface area contributed by atoms with Gasteiger partial charge in [0.25, 0.3) is 0 Å². The van der Waals surface area contributed by atoms with Gasteiger partial charge in [-0.3, -0.25) is 0 Å². The molecule has 8 heteroatoms. The first-order valence-electron chi connectivity index (χ1n) is 10.1. The summed E-state index contributed by atoms with van der Waals surface area (Å²) >= 11 is 0. The van der Waals surface area contributed by atoms with E-state index in [2.05, 4.69) is 49.3 Å². The highest BCUT2D eigenvalue weighted by molar-refractivity contribution is 5.43. The number of rotatable bonds is 6. The van der Waals surface area contributed by atoms with Crippen LogP contribution in [0, 0.1) is 0 Å². The summed E-state index contributed by atoms with van der Waals surface area (Å²) in [6.07, 6.45) is 0.